The van der Waals surface area contributed by atoms with Gasteiger partial charge in [-0.15, -0.1) is 0 Å². The van der Waals surface area contributed by atoms with Crippen LogP contribution in [-0.2, 0) is 15.8 Å². The number of methoxy groups -OCH3 is 1. The van der Waals surface area contributed by atoms with Crippen LogP contribution in [0.1, 0.15) is 65.9 Å². The molecular weight excluding hydrogens is 364 g/mol. The zero-order chi connectivity index (χ0) is 21.1. The lowest BCUT2D eigenvalue weighted by atomic mass is 9.90. The largest absolute Gasteiger partial charge is 0.497 e. The molecule has 0 aliphatic rings. The summed E-state index contributed by atoms with van der Waals surface area (Å²) in [6, 6.07) is 8.13. The van der Waals surface area contributed by atoms with E-state index in [1.165, 1.54) is 16.7 Å². The van der Waals surface area contributed by atoms with Gasteiger partial charge >= 0.3 is 0 Å². The summed E-state index contributed by atoms with van der Waals surface area (Å²) in [7, 11) is 0.635. The van der Waals surface area contributed by atoms with Crippen LogP contribution in [0.5, 0.6) is 5.75 Å². The Balaban J connectivity index is 2.53. The highest BCUT2D eigenvalue weighted by atomic mass is 28.3. The van der Waals surface area contributed by atoms with Crippen LogP contribution in [0.25, 0.3) is 0 Å². The Bertz CT molecular complexity index is 576. The van der Waals surface area contributed by atoms with Crippen molar-refractivity contribution in [3.8, 4) is 5.75 Å². The summed E-state index contributed by atoms with van der Waals surface area (Å²) < 4.78 is 17.8. The molecule has 160 valence electrons. The lowest BCUT2D eigenvalue weighted by molar-refractivity contribution is 0.0280. The van der Waals surface area contributed by atoms with Crippen LogP contribution in [0, 0.1) is 5.92 Å². The Kier molecular flexibility index (Phi) is 11.7. The van der Waals surface area contributed by atoms with Gasteiger partial charge in [-0.25, -0.2) is 0 Å². The zero-order valence-electron chi connectivity index (χ0n) is 19.4. The van der Waals surface area contributed by atoms with Crippen molar-refractivity contribution in [3.05, 3.63) is 41.0 Å². The fourth-order valence-electron chi connectivity index (χ4n) is 3.41. The minimum Gasteiger partial charge on any atom is -0.497 e. The molecule has 28 heavy (non-hydrogen) atoms. The number of allylic oxidation sites excluding steroid dienone is 1. The summed E-state index contributed by atoms with van der Waals surface area (Å²) in [5, 5.41) is 0. The SMILES string of the molecule is CC[C@@H](CCC[C@H](O[SiH](C)C)C(C)C(C)=C(C)C)OCc1ccc(OC)cc1. The van der Waals surface area contributed by atoms with Gasteiger partial charge < -0.3 is 13.9 Å². The molecule has 4 heteroatoms. The van der Waals surface area contributed by atoms with E-state index < -0.39 is 9.04 Å². The van der Waals surface area contributed by atoms with Crippen molar-refractivity contribution >= 4 is 9.04 Å². The predicted octanol–water partition coefficient (Wildman–Crippen LogP) is 6.52. The van der Waals surface area contributed by atoms with E-state index in [9.17, 15) is 0 Å². The Morgan fingerprint density at radius 1 is 1.04 bits per heavy atom. The average Bonchev–Trinajstić information content (AvgIpc) is 2.68. The van der Waals surface area contributed by atoms with Crippen LogP contribution in [0.4, 0.5) is 0 Å². The molecule has 0 saturated heterocycles. The second-order valence-corrected chi connectivity index (χ2v) is 10.7. The highest BCUT2D eigenvalue weighted by Crippen LogP contribution is 2.25. The van der Waals surface area contributed by atoms with E-state index in [1.807, 2.05) is 12.1 Å². The van der Waals surface area contributed by atoms with Crippen molar-refractivity contribution < 1.29 is 13.9 Å². The first kappa shape index (κ1) is 24.9. The molecule has 0 amide bonds. The Morgan fingerprint density at radius 3 is 2.18 bits per heavy atom. The number of rotatable bonds is 13. The number of ether oxygens (including phenoxy) is 2. The number of hydrogen-bond acceptors (Lipinski definition) is 3. The molecule has 3 atom stereocenters. The molecule has 0 N–H and O–H groups in total. The minimum absolute atomic E-state index is 0.305. The summed E-state index contributed by atoms with van der Waals surface area (Å²) in [5.74, 6) is 1.37. The maximum atomic E-state index is 6.40. The third-order valence-corrected chi connectivity index (χ3v) is 6.49. The molecule has 0 heterocycles. The van der Waals surface area contributed by atoms with Crippen LogP contribution in [0.2, 0.25) is 13.1 Å². The maximum absolute atomic E-state index is 6.40. The van der Waals surface area contributed by atoms with E-state index >= 15 is 0 Å². The first-order chi connectivity index (χ1) is 13.3. The van der Waals surface area contributed by atoms with Gasteiger partial charge in [-0.3, -0.25) is 0 Å². The Hall–Kier alpha value is -1.10. The highest BCUT2D eigenvalue weighted by molar-refractivity contribution is 6.48. The van der Waals surface area contributed by atoms with Crippen molar-refractivity contribution in [3.63, 3.8) is 0 Å². The molecule has 1 unspecified atom stereocenters. The monoisotopic (exact) mass is 406 g/mol. The van der Waals surface area contributed by atoms with Gasteiger partial charge in [0.1, 0.15) is 5.75 Å². The minimum atomic E-state index is -1.06. The summed E-state index contributed by atoms with van der Waals surface area (Å²) in [6.45, 7) is 16.4. The normalized spacial score (nSPS) is 14.6. The molecule has 3 nitrogen and oxygen atoms in total. The predicted molar refractivity (Wildman–Crippen MR) is 123 cm³/mol. The van der Waals surface area contributed by atoms with E-state index in [2.05, 4.69) is 59.8 Å². The van der Waals surface area contributed by atoms with Crippen molar-refractivity contribution in [1.29, 1.82) is 0 Å². The topological polar surface area (TPSA) is 27.7 Å². The van der Waals surface area contributed by atoms with Crippen LogP contribution < -0.4 is 4.74 Å². The zero-order valence-corrected chi connectivity index (χ0v) is 20.5. The van der Waals surface area contributed by atoms with E-state index in [0.717, 1.165) is 31.4 Å². The van der Waals surface area contributed by atoms with E-state index in [-0.39, 0.29) is 0 Å². The molecular formula is C24H42O3Si. The van der Waals surface area contributed by atoms with Gasteiger partial charge in [0, 0.05) is 5.92 Å². The third-order valence-electron chi connectivity index (χ3n) is 5.59. The molecule has 1 aromatic rings. The summed E-state index contributed by atoms with van der Waals surface area (Å²) in [5.41, 5.74) is 4.09. The number of hydrogen-bond donors (Lipinski definition) is 0. The molecule has 0 aromatic heterocycles. The third kappa shape index (κ3) is 8.93. The molecule has 0 fully saturated rings. The van der Waals surface area contributed by atoms with E-state index in [0.29, 0.717) is 24.7 Å². The molecule has 1 rings (SSSR count). The number of benzene rings is 1. The molecule has 0 bridgehead atoms. The molecule has 0 saturated carbocycles. The summed E-state index contributed by atoms with van der Waals surface area (Å²) >= 11 is 0. The molecule has 0 aliphatic heterocycles. The first-order valence-corrected chi connectivity index (χ1v) is 13.6. The second kappa shape index (κ2) is 13.2. The summed E-state index contributed by atoms with van der Waals surface area (Å²) in [4.78, 5) is 0. The lowest BCUT2D eigenvalue weighted by Gasteiger charge is -2.29. The molecule has 0 spiro atoms. The maximum Gasteiger partial charge on any atom is 0.171 e. The van der Waals surface area contributed by atoms with Gasteiger partial charge in [0.2, 0.25) is 0 Å². The van der Waals surface area contributed by atoms with Gasteiger partial charge in [0.15, 0.2) is 9.04 Å². The average molecular weight is 407 g/mol. The van der Waals surface area contributed by atoms with Crippen LogP contribution in [0.3, 0.4) is 0 Å². The van der Waals surface area contributed by atoms with Gasteiger partial charge in [-0.2, -0.15) is 0 Å². The molecule has 0 aliphatic carbocycles. The molecule has 1 aromatic carbocycles. The summed E-state index contributed by atoms with van der Waals surface area (Å²) in [6.07, 6.45) is 5.03. The van der Waals surface area contributed by atoms with Crippen LogP contribution >= 0.6 is 0 Å². The smallest absolute Gasteiger partial charge is 0.171 e. The van der Waals surface area contributed by atoms with Crippen molar-refractivity contribution in [2.24, 2.45) is 5.92 Å². The highest BCUT2D eigenvalue weighted by Gasteiger charge is 2.21. The van der Waals surface area contributed by atoms with Crippen LogP contribution in [0.15, 0.2) is 35.4 Å². The van der Waals surface area contributed by atoms with Crippen molar-refractivity contribution in [2.75, 3.05) is 7.11 Å². The van der Waals surface area contributed by atoms with Crippen LogP contribution in [-0.4, -0.2) is 28.4 Å². The quantitative estimate of drug-likeness (QED) is 0.275. The van der Waals surface area contributed by atoms with Gasteiger partial charge in [0.25, 0.3) is 0 Å². The van der Waals surface area contributed by atoms with Crippen molar-refractivity contribution in [1.82, 2.24) is 0 Å². The fraction of sp³-hybridized carbons (Fsp3) is 0.667. The molecule has 0 radical (unpaired) electrons. The first-order valence-electron chi connectivity index (χ1n) is 10.8. The van der Waals surface area contributed by atoms with E-state index in [1.54, 1.807) is 7.11 Å². The Labute approximate surface area is 175 Å². The van der Waals surface area contributed by atoms with Gasteiger partial charge in [0.05, 0.1) is 25.9 Å². The lowest BCUT2D eigenvalue weighted by Crippen LogP contribution is -2.28. The standard InChI is InChI=1S/C24H42O3Si/c1-9-22(26-17-21-13-15-23(25-6)16-14-21)11-10-12-24(27-28(7)8)20(5)19(4)18(2)3/h13-16,20,22,24,28H,9-12,17H2,1-8H3/t20?,22-,24-/m0/s1. The van der Waals surface area contributed by atoms with Gasteiger partial charge in [-0.05, 0) is 77.2 Å². The fourth-order valence-corrected chi connectivity index (χ4v) is 4.48. The van der Waals surface area contributed by atoms with E-state index in [4.69, 9.17) is 13.9 Å². The second-order valence-electron chi connectivity index (χ2n) is 8.32. The Morgan fingerprint density at radius 2 is 1.68 bits per heavy atom. The van der Waals surface area contributed by atoms with Crippen molar-refractivity contribution in [2.45, 2.75) is 92.2 Å². The van der Waals surface area contributed by atoms with Gasteiger partial charge in [-0.1, -0.05) is 37.1 Å².